The van der Waals surface area contributed by atoms with Crippen LogP contribution < -0.4 is 0 Å². The molecular formula is C19H16O4. The lowest BCUT2D eigenvalue weighted by molar-refractivity contribution is -0.132. The maximum atomic E-state index is 11.8. The summed E-state index contributed by atoms with van der Waals surface area (Å²) in [5.41, 5.74) is 1.48. The summed E-state index contributed by atoms with van der Waals surface area (Å²) in [7, 11) is 0. The Morgan fingerprint density at radius 2 is 1.26 bits per heavy atom. The number of aliphatic hydroxyl groups excluding tert-OH is 1. The zero-order chi connectivity index (χ0) is 16.7. The van der Waals surface area contributed by atoms with Crippen molar-refractivity contribution in [2.75, 3.05) is 0 Å². The molecule has 0 spiro atoms. The molecule has 2 aromatic rings. The van der Waals surface area contributed by atoms with Gasteiger partial charge in [-0.05, 0) is 35.4 Å². The number of hydrogen-bond donors (Lipinski definition) is 2. The number of ketones is 2. The van der Waals surface area contributed by atoms with Gasteiger partial charge in [0.25, 0.3) is 0 Å². The standard InChI is InChI=1S/C19H16O4/c20-16-10-6-15(7-11-16)9-13-18(22)19(23)17(21)12-8-14-4-2-1-3-5-14/h1-13,19-20,23H. The summed E-state index contributed by atoms with van der Waals surface area (Å²) in [4.78, 5) is 23.6. The summed E-state index contributed by atoms with van der Waals surface area (Å²) < 4.78 is 0. The zero-order valence-corrected chi connectivity index (χ0v) is 12.3. The summed E-state index contributed by atoms with van der Waals surface area (Å²) in [5, 5.41) is 18.9. The molecule has 4 heteroatoms. The summed E-state index contributed by atoms with van der Waals surface area (Å²) in [5.74, 6) is -1.25. The Hall–Kier alpha value is -2.98. The van der Waals surface area contributed by atoms with E-state index in [9.17, 15) is 14.7 Å². The van der Waals surface area contributed by atoms with E-state index in [4.69, 9.17) is 5.11 Å². The van der Waals surface area contributed by atoms with Crippen LogP contribution in [0.3, 0.4) is 0 Å². The highest BCUT2D eigenvalue weighted by atomic mass is 16.3. The van der Waals surface area contributed by atoms with Crippen molar-refractivity contribution in [3.05, 3.63) is 77.9 Å². The zero-order valence-electron chi connectivity index (χ0n) is 12.3. The molecule has 4 nitrogen and oxygen atoms in total. The third-order valence-electron chi connectivity index (χ3n) is 3.11. The number of aromatic hydroxyl groups is 1. The predicted octanol–water partition coefficient (Wildman–Crippen LogP) is 2.62. The maximum absolute atomic E-state index is 11.8. The minimum absolute atomic E-state index is 0.120. The highest BCUT2D eigenvalue weighted by Gasteiger charge is 2.18. The van der Waals surface area contributed by atoms with Crippen molar-refractivity contribution in [2.45, 2.75) is 6.10 Å². The van der Waals surface area contributed by atoms with Crippen LogP contribution in [0.4, 0.5) is 0 Å². The second-order valence-corrected chi connectivity index (χ2v) is 4.88. The first-order chi connectivity index (χ1) is 11.1. The van der Waals surface area contributed by atoms with E-state index in [0.717, 1.165) is 11.6 Å². The van der Waals surface area contributed by atoms with Gasteiger partial charge in [-0.2, -0.15) is 0 Å². The van der Waals surface area contributed by atoms with E-state index in [1.807, 2.05) is 30.3 Å². The summed E-state index contributed by atoms with van der Waals surface area (Å²) in [6.45, 7) is 0. The van der Waals surface area contributed by atoms with Crippen LogP contribution in [0.5, 0.6) is 5.75 Å². The molecule has 2 rings (SSSR count). The highest BCUT2D eigenvalue weighted by Crippen LogP contribution is 2.11. The fraction of sp³-hybridized carbons (Fsp3) is 0.0526. The molecule has 0 saturated heterocycles. The van der Waals surface area contributed by atoms with Crippen molar-refractivity contribution >= 4 is 23.7 Å². The average molecular weight is 308 g/mol. The molecule has 0 aliphatic heterocycles. The molecule has 0 aromatic heterocycles. The molecule has 0 bridgehead atoms. The van der Waals surface area contributed by atoms with Crippen molar-refractivity contribution in [2.24, 2.45) is 0 Å². The third-order valence-corrected chi connectivity index (χ3v) is 3.11. The minimum atomic E-state index is -1.72. The van der Waals surface area contributed by atoms with Gasteiger partial charge in [-0.15, -0.1) is 0 Å². The van der Waals surface area contributed by atoms with E-state index in [1.165, 1.54) is 24.3 Å². The van der Waals surface area contributed by atoms with Gasteiger partial charge in [-0.3, -0.25) is 9.59 Å². The first-order valence-electron chi connectivity index (χ1n) is 7.02. The number of phenolic OH excluding ortho intramolecular Hbond substituents is 1. The topological polar surface area (TPSA) is 74.6 Å². The van der Waals surface area contributed by atoms with E-state index in [2.05, 4.69) is 0 Å². The Bertz CT molecular complexity index is 728. The van der Waals surface area contributed by atoms with Crippen LogP contribution in [0.1, 0.15) is 11.1 Å². The lowest BCUT2D eigenvalue weighted by Crippen LogP contribution is -2.26. The smallest absolute Gasteiger partial charge is 0.192 e. The summed E-state index contributed by atoms with van der Waals surface area (Å²) in [6, 6.07) is 15.3. The van der Waals surface area contributed by atoms with Gasteiger partial charge >= 0.3 is 0 Å². The molecule has 116 valence electrons. The van der Waals surface area contributed by atoms with Crippen LogP contribution >= 0.6 is 0 Å². The molecule has 0 aliphatic rings. The fourth-order valence-electron chi connectivity index (χ4n) is 1.83. The number of carbonyl (C=O) groups excluding carboxylic acids is 2. The number of aliphatic hydroxyl groups is 1. The second kappa shape index (κ2) is 7.87. The van der Waals surface area contributed by atoms with Crippen LogP contribution in [0.25, 0.3) is 12.2 Å². The van der Waals surface area contributed by atoms with E-state index in [-0.39, 0.29) is 5.75 Å². The van der Waals surface area contributed by atoms with Gasteiger partial charge in [-0.1, -0.05) is 54.6 Å². The summed E-state index contributed by atoms with van der Waals surface area (Å²) in [6.07, 6.45) is 3.63. The molecule has 0 saturated carbocycles. The van der Waals surface area contributed by atoms with Crippen molar-refractivity contribution in [1.29, 1.82) is 0 Å². The number of hydrogen-bond acceptors (Lipinski definition) is 4. The highest BCUT2D eigenvalue weighted by molar-refractivity contribution is 6.15. The Morgan fingerprint density at radius 1 is 0.783 bits per heavy atom. The third kappa shape index (κ3) is 5.05. The van der Waals surface area contributed by atoms with Crippen molar-refractivity contribution in [3.8, 4) is 5.75 Å². The second-order valence-electron chi connectivity index (χ2n) is 4.88. The van der Waals surface area contributed by atoms with E-state index >= 15 is 0 Å². The monoisotopic (exact) mass is 308 g/mol. The van der Waals surface area contributed by atoms with Gasteiger partial charge in [-0.25, -0.2) is 0 Å². The van der Waals surface area contributed by atoms with Crippen LogP contribution in [-0.2, 0) is 9.59 Å². The van der Waals surface area contributed by atoms with Gasteiger partial charge in [0.05, 0.1) is 0 Å². The molecule has 23 heavy (non-hydrogen) atoms. The lowest BCUT2D eigenvalue weighted by Gasteiger charge is -2.02. The quantitative estimate of drug-likeness (QED) is 0.635. The molecule has 0 amide bonds. The van der Waals surface area contributed by atoms with E-state index in [1.54, 1.807) is 18.2 Å². The first kappa shape index (κ1) is 16.4. The minimum Gasteiger partial charge on any atom is -0.508 e. The Labute approximate surface area is 134 Å². The molecule has 0 aliphatic carbocycles. The average Bonchev–Trinajstić information content (AvgIpc) is 2.59. The first-order valence-corrected chi connectivity index (χ1v) is 7.02. The largest absolute Gasteiger partial charge is 0.508 e. The van der Waals surface area contributed by atoms with Gasteiger partial charge < -0.3 is 10.2 Å². The van der Waals surface area contributed by atoms with Gasteiger partial charge in [0.1, 0.15) is 5.75 Å². The van der Waals surface area contributed by atoms with E-state index in [0.29, 0.717) is 5.56 Å². The molecule has 0 heterocycles. The summed E-state index contributed by atoms with van der Waals surface area (Å²) >= 11 is 0. The molecular weight excluding hydrogens is 292 g/mol. The Kier molecular flexibility index (Phi) is 5.61. The van der Waals surface area contributed by atoms with Crippen LogP contribution in [0.15, 0.2) is 66.7 Å². The van der Waals surface area contributed by atoms with Crippen molar-refractivity contribution < 1.29 is 19.8 Å². The maximum Gasteiger partial charge on any atom is 0.192 e. The van der Waals surface area contributed by atoms with E-state index < -0.39 is 17.7 Å². The number of carbonyl (C=O) groups is 2. The van der Waals surface area contributed by atoms with Crippen LogP contribution in [0.2, 0.25) is 0 Å². The number of benzene rings is 2. The fourth-order valence-corrected chi connectivity index (χ4v) is 1.83. The number of phenols is 1. The van der Waals surface area contributed by atoms with Gasteiger partial charge in [0.2, 0.25) is 0 Å². The Balaban J connectivity index is 1.97. The molecule has 2 N–H and O–H groups in total. The normalized spacial score (nSPS) is 12.6. The SMILES string of the molecule is O=C(C=Cc1ccccc1)C(O)C(=O)C=Cc1ccc(O)cc1. The van der Waals surface area contributed by atoms with Gasteiger partial charge in [0, 0.05) is 0 Å². The van der Waals surface area contributed by atoms with Crippen molar-refractivity contribution in [3.63, 3.8) is 0 Å². The molecule has 2 aromatic carbocycles. The van der Waals surface area contributed by atoms with Crippen molar-refractivity contribution in [1.82, 2.24) is 0 Å². The molecule has 0 fully saturated rings. The van der Waals surface area contributed by atoms with Crippen LogP contribution in [0, 0.1) is 0 Å². The predicted molar refractivity (Wildman–Crippen MR) is 88.6 cm³/mol. The molecule has 1 unspecified atom stereocenters. The molecule has 1 atom stereocenters. The molecule has 0 radical (unpaired) electrons. The van der Waals surface area contributed by atoms with Crippen LogP contribution in [-0.4, -0.2) is 27.9 Å². The Morgan fingerprint density at radius 3 is 1.78 bits per heavy atom. The van der Waals surface area contributed by atoms with Gasteiger partial charge in [0.15, 0.2) is 17.7 Å². The lowest BCUT2D eigenvalue weighted by atomic mass is 10.1. The number of rotatable bonds is 6.